The monoisotopic (exact) mass is 177 g/mol. The van der Waals surface area contributed by atoms with Gasteiger partial charge in [-0.25, -0.2) is 0 Å². The third-order valence-electron chi connectivity index (χ3n) is 2.78. The number of nitrogens with one attached hydrogen (secondary N) is 1. The van der Waals surface area contributed by atoms with E-state index in [0.29, 0.717) is 0 Å². The molecule has 0 atom stereocenters. The highest BCUT2D eigenvalue weighted by Crippen LogP contribution is 2.38. The average Bonchev–Trinajstić information content (AvgIpc) is 2.45. The number of nitrogen functional groups attached to an aromatic ring is 1. The van der Waals surface area contributed by atoms with Crippen LogP contribution in [-0.2, 0) is 0 Å². The molecule has 0 spiro atoms. The Hall–Kier alpha value is -1.38. The molecule has 2 rings (SSSR count). The van der Waals surface area contributed by atoms with Crippen molar-refractivity contribution in [1.29, 1.82) is 0 Å². The van der Waals surface area contributed by atoms with Crippen LogP contribution in [0.4, 0.5) is 17.1 Å². The Morgan fingerprint density at radius 3 is 2.85 bits per heavy atom. The second-order valence-electron chi connectivity index (χ2n) is 3.66. The highest BCUT2D eigenvalue weighted by molar-refractivity contribution is 5.87. The second-order valence-corrected chi connectivity index (χ2v) is 3.66. The van der Waals surface area contributed by atoms with Gasteiger partial charge < -0.3 is 16.0 Å². The van der Waals surface area contributed by atoms with Crippen molar-refractivity contribution in [3.8, 4) is 0 Å². The molecule has 0 unspecified atom stereocenters. The lowest BCUT2D eigenvalue weighted by molar-refractivity contribution is 1.03. The molecule has 0 fully saturated rings. The summed E-state index contributed by atoms with van der Waals surface area (Å²) in [5, 5.41) is 3.29. The first-order valence-electron chi connectivity index (χ1n) is 4.46. The molecule has 13 heavy (non-hydrogen) atoms. The number of hydrogen-bond donors (Lipinski definition) is 2. The standard InChI is InChI=1S/C10H15N3/c1-6-4-8-10(9(11)7(6)2)12-5-13(8)3/h4,12H,5,11H2,1-3H3. The Labute approximate surface area is 78.5 Å². The van der Waals surface area contributed by atoms with Crippen LogP contribution < -0.4 is 16.0 Å². The Bertz CT molecular complexity index is 358. The smallest absolute Gasteiger partial charge is 0.0875 e. The van der Waals surface area contributed by atoms with Crippen molar-refractivity contribution in [1.82, 2.24) is 0 Å². The predicted octanol–water partition coefficient (Wildman–Crippen LogP) is 1.70. The third-order valence-corrected chi connectivity index (χ3v) is 2.78. The molecule has 3 N–H and O–H groups in total. The van der Waals surface area contributed by atoms with Crippen molar-refractivity contribution in [2.45, 2.75) is 13.8 Å². The largest absolute Gasteiger partial charge is 0.397 e. The van der Waals surface area contributed by atoms with Crippen LogP contribution in [0, 0.1) is 13.8 Å². The zero-order valence-corrected chi connectivity index (χ0v) is 8.31. The number of hydrogen-bond acceptors (Lipinski definition) is 3. The fraction of sp³-hybridized carbons (Fsp3) is 0.400. The molecule has 0 saturated heterocycles. The predicted molar refractivity (Wildman–Crippen MR) is 57.2 cm³/mol. The summed E-state index contributed by atoms with van der Waals surface area (Å²) in [6.45, 7) is 5.01. The van der Waals surface area contributed by atoms with Gasteiger partial charge in [0.05, 0.1) is 23.7 Å². The minimum Gasteiger partial charge on any atom is -0.397 e. The highest BCUT2D eigenvalue weighted by atomic mass is 15.3. The van der Waals surface area contributed by atoms with Gasteiger partial charge in [0.2, 0.25) is 0 Å². The van der Waals surface area contributed by atoms with Gasteiger partial charge in [-0.05, 0) is 31.0 Å². The van der Waals surface area contributed by atoms with Gasteiger partial charge in [-0.3, -0.25) is 0 Å². The topological polar surface area (TPSA) is 41.3 Å². The van der Waals surface area contributed by atoms with E-state index in [2.05, 4.69) is 37.2 Å². The molecule has 1 aromatic carbocycles. The molecule has 3 nitrogen and oxygen atoms in total. The fourth-order valence-electron chi connectivity index (χ4n) is 1.69. The molecule has 1 aliphatic rings. The Morgan fingerprint density at radius 2 is 2.15 bits per heavy atom. The lowest BCUT2D eigenvalue weighted by Crippen LogP contribution is -2.15. The van der Waals surface area contributed by atoms with Crippen LogP contribution in [-0.4, -0.2) is 13.7 Å². The zero-order chi connectivity index (χ0) is 9.59. The maximum Gasteiger partial charge on any atom is 0.0875 e. The number of benzene rings is 1. The molecule has 1 aromatic rings. The summed E-state index contributed by atoms with van der Waals surface area (Å²) in [5.74, 6) is 0. The number of rotatable bonds is 0. The van der Waals surface area contributed by atoms with Gasteiger partial charge in [-0.1, -0.05) is 0 Å². The van der Waals surface area contributed by atoms with E-state index in [1.807, 2.05) is 0 Å². The fourth-order valence-corrected chi connectivity index (χ4v) is 1.69. The van der Waals surface area contributed by atoms with Crippen LogP contribution in [0.25, 0.3) is 0 Å². The molecule has 3 heteroatoms. The van der Waals surface area contributed by atoms with Gasteiger partial charge in [-0.2, -0.15) is 0 Å². The minimum absolute atomic E-state index is 0.850. The van der Waals surface area contributed by atoms with Crippen molar-refractivity contribution in [2.75, 3.05) is 29.7 Å². The van der Waals surface area contributed by atoms with E-state index in [1.165, 1.54) is 16.8 Å². The maximum atomic E-state index is 6.01. The van der Waals surface area contributed by atoms with Gasteiger partial charge in [0.1, 0.15) is 0 Å². The van der Waals surface area contributed by atoms with Crippen LogP contribution in [0.2, 0.25) is 0 Å². The normalized spacial score (nSPS) is 14.2. The van der Waals surface area contributed by atoms with Crippen LogP contribution in [0.3, 0.4) is 0 Å². The number of nitrogens with two attached hydrogens (primary N) is 1. The van der Waals surface area contributed by atoms with E-state index >= 15 is 0 Å². The summed E-state index contributed by atoms with van der Waals surface area (Å²) in [7, 11) is 2.06. The first-order valence-corrected chi connectivity index (χ1v) is 4.46. The molecule has 70 valence electrons. The summed E-state index contributed by atoms with van der Waals surface area (Å²) in [4.78, 5) is 2.16. The van der Waals surface area contributed by atoms with E-state index in [9.17, 15) is 0 Å². The summed E-state index contributed by atoms with van der Waals surface area (Å²) < 4.78 is 0. The molecule has 1 heterocycles. The van der Waals surface area contributed by atoms with Crippen molar-refractivity contribution in [3.63, 3.8) is 0 Å². The van der Waals surface area contributed by atoms with E-state index in [-0.39, 0.29) is 0 Å². The number of anilines is 3. The molecule has 0 aromatic heterocycles. The van der Waals surface area contributed by atoms with Crippen molar-refractivity contribution in [3.05, 3.63) is 17.2 Å². The van der Waals surface area contributed by atoms with Crippen molar-refractivity contribution < 1.29 is 0 Å². The molecule has 0 radical (unpaired) electrons. The van der Waals surface area contributed by atoms with E-state index in [1.54, 1.807) is 0 Å². The van der Waals surface area contributed by atoms with Crippen molar-refractivity contribution in [2.24, 2.45) is 0 Å². The average molecular weight is 177 g/mol. The van der Waals surface area contributed by atoms with E-state index < -0.39 is 0 Å². The first kappa shape index (κ1) is 8.23. The first-order chi connectivity index (χ1) is 6.11. The molecular weight excluding hydrogens is 162 g/mol. The summed E-state index contributed by atoms with van der Waals surface area (Å²) in [6.07, 6.45) is 0. The SMILES string of the molecule is Cc1cc2c(c(N)c1C)NCN2C. The molecule has 0 aliphatic carbocycles. The van der Waals surface area contributed by atoms with E-state index in [0.717, 1.165) is 18.0 Å². The quantitative estimate of drug-likeness (QED) is 0.593. The molecule has 0 amide bonds. The molecule has 1 aliphatic heterocycles. The number of aryl methyl sites for hydroxylation is 1. The van der Waals surface area contributed by atoms with Gasteiger partial charge >= 0.3 is 0 Å². The lowest BCUT2D eigenvalue weighted by Gasteiger charge is -2.13. The highest BCUT2D eigenvalue weighted by Gasteiger charge is 2.19. The zero-order valence-electron chi connectivity index (χ0n) is 8.31. The van der Waals surface area contributed by atoms with Gasteiger partial charge in [0, 0.05) is 7.05 Å². The number of fused-ring (bicyclic) bond motifs is 1. The Kier molecular flexibility index (Phi) is 1.62. The van der Waals surface area contributed by atoms with Crippen molar-refractivity contribution >= 4 is 17.1 Å². The van der Waals surface area contributed by atoms with Gasteiger partial charge in [-0.15, -0.1) is 0 Å². The second kappa shape index (κ2) is 2.55. The van der Waals surface area contributed by atoms with Crippen LogP contribution in [0.1, 0.15) is 11.1 Å². The van der Waals surface area contributed by atoms with Crippen LogP contribution >= 0.6 is 0 Å². The van der Waals surface area contributed by atoms with Crippen LogP contribution in [0.5, 0.6) is 0 Å². The Balaban J connectivity index is 2.67. The third kappa shape index (κ3) is 1.03. The molecular formula is C10H15N3. The van der Waals surface area contributed by atoms with Crippen LogP contribution in [0.15, 0.2) is 6.07 Å². The Morgan fingerprint density at radius 1 is 1.46 bits per heavy atom. The minimum atomic E-state index is 0.850. The summed E-state index contributed by atoms with van der Waals surface area (Å²) in [5.41, 5.74) is 11.6. The maximum absolute atomic E-state index is 6.01. The molecule has 0 bridgehead atoms. The summed E-state index contributed by atoms with van der Waals surface area (Å²) >= 11 is 0. The summed E-state index contributed by atoms with van der Waals surface area (Å²) in [6, 6.07) is 2.18. The lowest BCUT2D eigenvalue weighted by atomic mass is 10.1. The van der Waals surface area contributed by atoms with E-state index in [4.69, 9.17) is 5.73 Å². The number of nitrogens with zero attached hydrogens (tertiary/aromatic N) is 1. The van der Waals surface area contributed by atoms with Gasteiger partial charge in [0.25, 0.3) is 0 Å². The molecule has 0 saturated carbocycles. The van der Waals surface area contributed by atoms with Gasteiger partial charge in [0.15, 0.2) is 0 Å².